The highest BCUT2D eigenvalue weighted by Gasteiger charge is 2.18. The minimum Gasteiger partial charge on any atom is -0.486 e. The van der Waals surface area contributed by atoms with Crippen LogP contribution in [0.15, 0.2) is 65.1 Å². The van der Waals surface area contributed by atoms with Crippen LogP contribution in [0.1, 0.15) is 11.1 Å². The third-order valence-corrected chi connectivity index (χ3v) is 5.47. The Balaban J connectivity index is 0.00000306. The molecule has 0 radical (unpaired) electrons. The largest absolute Gasteiger partial charge is 0.486 e. The van der Waals surface area contributed by atoms with Gasteiger partial charge in [-0.3, -0.25) is 4.79 Å². The van der Waals surface area contributed by atoms with Crippen molar-refractivity contribution >= 4 is 52.7 Å². The molecule has 0 saturated heterocycles. The maximum atomic E-state index is 11.6. The molecule has 1 heterocycles. The van der Waals surface area contributed by atoms with E-state index >= 15 is 0 Å². The molecule has 0 aliphatic carbocycles. The van der Waals surface area contributed by atoms with Crippen molar-refractivity contribution in [2.24, 2.45) is 5.73 Å². The van der Waals surface area contributed by atoms with Crippen molar-refractivity contribution in [1.82, 2.24) is 4.98 Å². The molecule has 4 aromatic rings. The predicted octanol–water partition coefficient (Wildman–Crippen LogP) is 5.85. The van der Waals surface area contributed by atoms with E-state index in [2.05, 4.69) is 9.72 Å². The van der Waals surface area contributed by atoms with Gasteiger partial charge < -0.3 is 19.6 Å². The summed E-state index contributed by atoms with van der Waals surface area (Å²) < 4.78 is 16.6. The van der Waals surface area contributed by atoms with E-state index in [1.165, 1.54) is 7.11 Å². The molecular weight excluding hydrogens is 487 g/mol. The van der Waals surface area contributed by atoms with Crippen molar-refractivity contribution in [1.29, 1.82) is 0 Å². The fourth-order valence-corrected chi connectivity index (χ4v) is 3.97. The Labute approximate surface area is 207 Å². The molecule has 0 bridgehead atoms. The van der Waals surface area contributed by atoms with Crippen molar-refractivity contribution in [3.8, 4) is 17.2 Å². The first-order chi connectivity index (χ1) is 15.5. The van der Waals surface area contributed by atoms with Crippen LogP contribution in [0.25, 0.3) is 22.6 Å². The molecular formula is C24H21Cl3N2O4. The van der Waals surface area contributed by atoms with Crippen molar-refractivity contribution in [2.75, 3.05) is 7.11 Å². The molecule has 172 valence electrons. The van der Waals surface area contributed by atoms with Gasteiger partial charge in [0, 0.05) is 11.1 Å². The number of methoxy groups -OCH3 is 1. The second-order valence-electron chi connectivity index (χ2n) is 7.16. The monoisotopic (exact) mass is 506 g/mol. The maximum absolute atomic E-state index is 11.6. The van der Waals surface area contributed by atoms with Gasteiger partial charge in [0.05, 0.1) is 17.2 Å². The molecule has 3 aromatic carbocycles. The van der Waals surface area contributed by atoms with Crippen LogP contribution in [0.3, 0.4) is 0 Å². The van der Waals surface area contributed by atoms with Crippen LogP contribution in [-0.4, -0.2) is 24.1 Å². The lowest BCUT2D eigenvalue weighted by molar-refractivity contribution is -0.142. The summed E-state index contributed by atoms with van der Waals surface area (Å²) in [5.41, 5.74) is 9.59. The van der Waals surface area contributed by atoms with Crippen LogP contribution in [0, 0.1) is 0 Å². The summed E-state index contributed by atoms with van der Waals surface area (Å²) in [7, 11) is 1.29. The van der Waals surface area contributed by atoms with Gasteiger partial charge >= 0.3 is 5.97 Å². The quantitative estimate of drug-likeness (QED) is 0.316. The molecule has 33 heavy (non-hydrogen) atoms. The molecule has 2 N–H and O–H groups in total. The van der Waals surface area contributed by atoms with E-state index < -0.39 is 12.0 Å². The van der Waals surface area contributed by atoms with Crippen LogP contribution in [-0.2, 0) is 22.6 Å². The van der Waals surface area contributed by atoms with Crippen molar-refractivity contribution in [3.63, 3.8) is 0 Å². The van der Waals surface area contributed by atoms with Crippen LogP contribution in [0.5, 0.6) is 5.75 Å². The normalized spacial score (nSPS) is 11.6. The van der Waals surface area contributed by atoms with Crippen LogP contribution in [0.4, 0.5) is 0 Å². The zero-order valence-corrected chi connectivity index (χ0v) is 19.9. The first kappa shape index (κ1) is 24.9. The molecule has 0 fully saturated rings. The Morgan fingerprint density at radius 3 is 2.45 bits per heavy atom. The second kappa shape index (κ2) is 10.9. The van der Waals surface area contributed by atoms with Gasteiger partial charge in [0.15, 0.2) is 11.3 Å². The number of hydrogen-bond donors (Lipinski definition) is 1. The lowest BCUT2D eigenvalue weighted by atomic mass is 10.1. The number of aromatic nitrogens is 1. The van der Waals surface area contributed by atoms with Crippen LogP contribution >= 0.6 is 35.6 Å². The van der Waals surface area contributed by atoms with Gasteiger partial charge in [-0.15, -0.1) is 12.4 Å². The number of para-hydroxylation sites is 1. The minimum atomic E-state index is -0.804. The summed E-state index contributed by atoms with van der Waals surface area (Å²) in [4.78, 5) is 16.1. The molecule has 0 aliphatic heterocycles. The highest BCUT2D eigenvalue weighted by molar-refractivity contribution is 6.37. The molecule has 0 unspecified atom stereocenters. The summed E-state index contributed by atoms with van der Waals surface area (Å²) in [6.07, 6.45) is 0.242. The number of oxazole rings is 1. The summed E-state index contributed by atoms with van der Waals surface area (Å²) in [6, 6.07) is 17.9. The number of hydrogen-bond acceptors (Lipinski definition) is 6. The van der Waals surface area contributed by atoms with Crippen molar-refractivity contribution in [2.45, 2.75) is 19.1 Å². The van der Waals surface area contributed by atoms with E-state index in [1.807, 2.05) is 48.5 Å². The topological polar surface area (TPSA) is 87.6 Å². The fraction of sp³-hybridized carbons (Fsp3) is 0.167. The summed E-state index contributed by atoms with van der Waals surface area (Å²) in [6.45, 7) is 0.182. The Kier molecular flexibility index (Phi) is 8.21. The summed E-state index contributed by atoms with van der Waals surface area (Å²) in [5, 5.41) is 0.638. The van der Waals surface area contributed by atoms with E-state index in [9.17, 15) is 4.79 Å². The van der Waals surface area contributed by atoms with E-state index in [0.717, 1.165) is 16.6 Å². The lowest BCUT2D eigenvalue weighted by Gasteiger charge is -2.14. The van der Waals surface area contributed by atoms with Gasteiger partial charge in [-0.1, -0.05) is 53.5 Å². The standard InChI is InChI=1S/C24H20Cl2N2O4.ClH/c1-30-24(29)19(27)12-14-10-17(25)22(18(26)11-14)31-13-16-8-5-9-20-21(16)32-23(28-20)15-6-3-2-4-7-15;/h2-11,19H,12-13,27H2,1H3;1H/t19-;/m0./s1. The van der Waals surface area contributed by atoms with Crippen molar-refractivity contribution in [3.05, 3.63) is 81.8 Å². The number of carbonyl (C=O) groups is 1. The molecule has 0 aliphatic rings. The minimum absolute atomic E-state index is 0. The highest BCUT2D eigenvalue weighted by atomic mass is 35.5. The molecule has 9 heteroatoms. The molecule has 1 atom stereocenters. The molecule has 0 saturated carbocycles. The number of ether oxygens (including phenoxy) is 2. The third kappa shape index (κ3) is 5.60. The first-order valence-corrected chi connectivity index (χ1v) is 10.6. The number of halogens is 3. The molecule has 0 amide bonds. The van der Waals surface area contributed by atoms with Crippen LogP contribution in [0.2, 0.25) is 10.0 Å². The van der Waals surface area contributed by atoms with Gasteiger partial charge in [-0.2, -0.15) is 0 Å². The first-order valence-electron chi connectivity index (χ1n) is 9.84. The highest BCUT2D eigenvalue weighted by Crippen LogP contribution is 2.36. The number of carbonyl (C=O) groups excluding carboxylic acids is 1. The lowest BCUT2D eigenvalue weighted by Crippen LogP contribution is -2.33. The van der Waals surface area contributed by atoms with Crippen molar-refractivity contribution < 1.29 is 18.7 Å². The van der Waals surface area contributed by atoms with E-state index in [1.54, 1.807) is 12.1 Å². The molecule has 6 nitrogen and oxygen atoms in total. The maximum Gasteiger partial charge on any atom is 0.322 e. The third-order valence-electron chi connectivity index (χ3n) is 4.91. The molecule has 0 spiro atoms. The second-order valence-corrected chi connectivity index (χ2v) is 7.98. The number of esters is 1. The number of fused-ring (bicyclic) bond motifs is 1. The molecule has 4 rings (SSSR count). The van der Waals surface area contributed by atoms with E-state index in [-0.39, 0.29) is 25.4 Å². The van der Waals surface area contributed by atoms with Gasteiger partial charge in [-0.05, 0) is 42.3 Å². The Morgan fingerprint density at radius 2 is 1.79 bits per heavy atom. The van der Waals surface area contributed by atoms with E-state index in [0.29, 0.717) is 32.8 Å². The van der Waals surface area contributed by atoms with Gasteiger partial charge in [0.1, 0.15) is 18.2 Å². The average Bonchev–Trinajstić information content (AvgIpc) is 3.23. The number of nitrogens with two attached hydrogens (primary N) is 1. The Hall–Kier alpha value is -2.77. The Bertz CT molecular complexity index is 1240. The predicted molar refractivity (Wildman–Crippen MR) is 131 cm³/mol. The zero-order valence-electron chi connectivity index (χ0n) is 17.6. The van der Waals surface area contributed by atoms with E-state index in [4.69, 9.17) is 38.1 Å². The Morgan fingerprint density at radius 1 is 1.09 bits per heavy atom. The van der Waals surface area contributed by atoms with Gasteiger partial charge in [0.2, 0.25) is 5.89 Å². The number of benzene rings is 3. The number of nitrogens with zero attached hydrogens (tertiary/aromatic N) is 1. The zero-order chi connectivity index (χ0) is 22.7. The van der Waals surface area contributed by atoms with Gasteiger partial charge in [-0.25, -0.2) is 4.98 Å². The molecule has 1 aromatic heterocycles. The SMILES string of the molecule is COC(=O)[C@@H](N)Cc1cc(Cl)c(OCc2cccc3nc(-c4ccccc4)oc23)c(Cl)c1.Cl. The summed E-state index contributed by atoms with van der Waals surface area (Å²) >= 11 is 12.8. The fourth-order valence-electron chi connectivity index (χ4n) is 3.33. The number of rotatable bonds is 7. The van der Waals surface area contributed by atoms with Gasteiger partial charge in [0.25, 0.3) is 0 Å². The average molecular weight is 508 g/mol. The summed E-state index contributed by atoms with van der Waals surface area (Å²) in [5.74, 6) is 0.367. The van der Waals surface area contributed by atoms with Crippen LogP contribution < -0.4 is 10.5 Å². The smallest absolute Gasteiger partial charge is 0.322 e.